The first-order valence-corrected chi connectivity index (χ1v) is 11.8. The number of pyridine rings is 1. The van der Waals surface area contributed by atoms with Crippen LogP contribution in [0.2, 0.25) is 5.02 Å². The summed E-state index contributed by atoms with van der Waals surface area (Å²) in [7, 11) is 0. The van der Waals surface area contributed by atoms with Gasteiger partial charge in [0.25, 0.3) is 5.56 Å². The molecule has 7 heteroatoms. The predicted octanol–water partition coefficient (Wildman–Crippen LogP) is 5.54. The third kappa shape index (κ3) is 4.15. The van der Waals surface area contributed by atoms with Crippen LogP contribution in [0.15, 0.2) is 57.8 Å². The molecular weight excluding hydrogens is 438 g/mol. The third-order valence-electron chi connectivity index (χ3n) is 6.71. The highest BCUT2D eigenvalue weighted by Gasteiger charge is 2.29. The van der Waals surface area contributed by atoms with Crippen LogP contribution in [0.25, 0.3) is 21.8 Å². The standard InChI is InChI=1S/C26H26ClN3O3/c1-16-23-25(29-33-16)24-20(27)11-6-12-21(24)30(26(23)32)19-10-5-9-18(13-19)14-22(31)28-15-17-7-3-2-4-8-17/h2-4,6-8,11-12,18-19H,5,9-10,13-15H2,1H3,(H,28,31)/t18-,19+/m1/s1. The Morgan fingerprint density at radius 1 is 1.15 bits per heavy atom. The zero-order valence-electron chi connectivity index (χ0n) is 18.5. The molecule has 0 bridgehead atoms. The molecule has 1 saturated carbocycles. The van der Waals surface area contributed by atoms with Gasteiger partial charge in [0.05, 0.1) is 10.5 Å². The van der Waals surface area contributed by atoms with E-state index in [2.05, 4.69) is 10.5 Å². The molecule has 1 fully saturated rings. The minimum atomic E-state index is -0.0994. The van der Waals surface area contributed by atoms with E-state index in [1.807, 2.05) is 53.1 Å². The van der Waals surface area contributed by atoms with E-state index in [-0.39, 0.29) is 23.4 Å². The lowest BCUT2D eigenvalue weighted by Gasteiger charge is -2.31. The maximum Gasteiger partial charge on any atom is 0.264 e. The van der Waals surface area contributed by atoms with Crippen molar-refractivity contribution in [2.24, 2.45) is 5.92 Å². The number of hydrogen-bond donors (Lipinski definition) is 1. The highest BCUT2D eigenvalue weighted by Crippen LogP contribution is 2.38. The topological polar surface area (TPSA) is 77.1 Å². The molecule has 2 atom stereocenters. The highest BCUT2D eigenvalue weighted by molar-refractivity contribution is 6.37. The van der Waals surface area contributed by atoms with Crippen LogP contribution in [0.3, 0.4) is 0 Å². The van der Waals surface area contributed by atoms with Gasteiger partial charge in [0.2, 0.25) is 5.91 Å². The minimum Gasteiger partial charge on any atom is -0.360 e. The fourth-order valence-corrected chi connectivity index (χ4v) is 5.41. The van der Waals surface area contributed by atoms with Gasteiger partial charge >= 0.3 is 0 Å². The van der Waals surface area contributed by atoms with Crippen molar-refractivity contribution in [2.75, 3.05) is 0 Å². The van der Waals surface area contributed by atoms with Crippen molar-refractivity contribution < 1.29 is 9.32 Å². The Labute approximate surface area is 196 Å². The number of rotatable bonds is 5. The fraction of sp³-hybridized carbons (Fsp3) is 0.346. The van der Waals surface area contributed by atoms with Crippen LogP contribution in [0, 0.1) is 12.8 Å². The van der Waals surface area contributed by atoms with Crippen molar-refractivity contribution in [3.05, 3.63) is 75.2 Å². The van der Waals surface area contributed by atoms with Crippen molar-refractivity contribution in [1.82, 2.24) is 15.0 Å². The average Bonchev–Trinajstić information content (AvgIpc) is 3.20. The molecule has 1 aliphatic rings. The van der Waals surface area contributed by atoms with Crippen molar-refractivity contribution >= 4 is 39.3 Å². The number of amides is 1. The van der Waals surface area contributed by atoms with Crippen LogP contribution in [-0.2, 0) is 11.3 Å². The number of aryl methyl sites for hydroxylation is 1. The lowest BCUT2D eigenvalue weighted by atomic mass is 9.83. The number of benzene rings is 2. The molecule has 4 aromatic rings. The Morgan fingerprint density at radius 2 is 1.97 bits per heavy atom. The first kappa shape index (κ1) is 21.7. The molecule has 0 unspecified atom stereocenters. The third-order valence-corrected chi connectivity index (χ3v) is 7.03. The molecule has 2 heterocycles. The number of carbonyl (C=O) groups excluding carboxylic acids is 1. The zero-order chi connectivity index (χ0) is 22.9. The van der Waals surface area contributed by atoms with Gasteiger partial charge in [-0.2, -0.15) is 0 Å². The molecule has 0 spiro atoms. The Bertz CT molecular complexity index is 1380. The smallest absolute Gasteiger partial charge is 0.264 e. The largest absolute Gasteiger partial charge is 0.360 e. The maximum absolute atomic E-state index is 13.6. The lowest BCUT2D eigenvalue weighted by Crippen LogP contribution is -2.31. The summed E-state index contributed by atoms with van der Waals surface area (Å²) in [6, 6.07) is 15.5. The maximum atomic E-state index is 13.6. The Balaban J connectivity index is 1.41. The molecular formula is C26H26ClN3O3. The SMILES string of the molecule is Cc1onc2c1c(=O)n([C@H]1CCC[C@@H](CC(=O)NCc3ccccc3)C1)c1cccc(Cl)c21. The van der Waals surface area contributed by atoms with Crippen LogP contribution in [0.1, 0.15) is 49.5 Å². The van der Waals surface area contributed by atoms with Crippen molar-refractivity contribution in [3.63, 3.8) is 0 Å². The molecule has 6 nitrogen and oxygen atoms in total. The van der Waals surface area contributed by atoms with Gasteiger partial charge < -0.3 is 14.4 Å². The zero-order valence-corrected chi connectivity index (χ0v) is 19.3. The minimum absolute atomic E-state index is 0.00200. The van der Waals surface area contributed by atoms with Crippen molar-refractivity contribution in [3.8, 4) is 0 Å². The van der Waals surface area contributed by atoms with Crippen molar-refractivity contribution in [1.29, 1.82) is 0 Å². The van der Waals surface area contributed by atoms with Crippen molar-refractivity contribution in [2.45, 2.75) is 51.6 Å². The van der Waals surface area contributed by atoms with E-state index in [0.717, 1.165) is 42.1 Å². The molecule has 5 rings (SSSR count). The van der Waals surface area contributed by atoms with Gasteiger partial charge in [0, 0.05) is 24.4 Å². The number of carbonyl (C=O) groups is 1. The number of hydrogen-bond acceptors (Lipinski definition) is 4. The van der Waals surface area contributed by atoms with Gasteiger partial charge in [0.1, 0.15) is 16.7 Å². The summed E-state index contributed by atoms with van der Waals surface area (Å²) in [4.78, 5) is 26.2. The number of nitrogens with one attached hydrogen (secondary N) is 1. The molecule has 1 N–H and O–H groups in total. The molecule has 1 aliphatic carbocycles. The molecule has 2 aromatic heterocycles. The number of halogens is 1. The summed E-state index contributed by atoms with van der Waals surface area (Å²) in [6.07, 6.45) is 4.08. The second kappa shape index (κ2) is 9.02. The summed E-state index contributed by atoms with van der Waals surface area (Å²) < 4.78 is 7.23. The second-order valence-electron chi connectivity index (χ2n) is 8.92. The quantitative estimate of drug-likeness (QED) is 0.421. The second-order valence-corrected chi connectivity index (χ2v) is 9.33. The van der Waals surface area contributed by atoms with E-state index in [0.29, 0.717) is 34.7 Å². The predicted molar refractivity (Wildman–Crippen MR) is 129 cm³/mol. The lowest BCUT2D eigenvalue weighted by molar-refractivity contribution is -0.122. The summed E-state index contributed by atoms with van der Waals surface area (Å²) >= 11 is 6.54. The van der Waals surface area contributed by atoms with E-state index >= 15 is 0 Å². The van der Waals surface area contributed by atoms with Crippen LogP contribution >= 0.6 is 11.6 Å². The Kier molecular flexibility index (Phi) is 5.94. The monoisotopic (exact) mass is 463 g/mol. The van der Waals surface area contributed by atoms with Gasteiger partial charge in [-0.05, 0) is 49.8 Å². The summed E-state index contributed by atoms with van der Waals surface area (Å²) in [6.45, 7) is 2.28. The molecule has 0 saturated heterocycles. The molecule has 0 aliphatic heterocycles. The van der Waals surface area contributed by atoms with E-state index in [4.69, 9.17) is 16.1 Å². The van der Waals surface area contributed by atoms with Gasteiger partial charge in [-0.25, -0.2) is 0 Å². The van der Waals surface area contributed by atoms with Gasteiger partial charge in [0.15, 0.2) is 0 Å². The van der Waals surface area contributed by atoms with Gasteiger partial charge in [-0.15, -0.1) is 0 Å². The molecule has 1 amide bonds. The Morgan fingerprint density at radius 3 is 2.79 bits per heavy atom. The highest BCUT2D eigenvalue weighted by atomic mass is 35.5. The van der Waals surface area contributed by atoms with E-state index in [9.17, 15) is 9.59 Å². The molecule has 170 valence electrons. The fourth-order valence-electron chi connectivity index (χ4n) is 5.15. The van der Waals surface area contributed by atoms with Gasteiger partial charge in [-0.3, -0.25) is 9.59 Å². The summed E-state index contributed by atoms with van der Waals surface area (Å²) in [5.74, 6) is 0.772. The van der Waals surface area contributed by atoms with Crippen LogP contribution in [-0.4, -0.2) is 15.6 Å². The summed E-state index contributed by atoms with van der Waals surface area (Å²) in [5.41, 5.74) is 2.27. The first-order valence-electron chi connectivity index (χ1n) is 11.4. The van der Waals surface area contributed by atoms with Gasteiger partial charge in [-0.1, -0.05) is 59.6 Å². The molecule has 0 radical (unpaired) electrons. The van der Waals surface area contributed by atoms with Crippen LogP contribution in [0.4, 0.5) is 0 Å². The van der Waals surface area contributed by atoms with Crippen LogP contribution < -0.4 is 10.9 Å². The Hall–Kier alpha value is -3.12. The number of aromatic nitrogens is 2. The van der Waals surface area contributed by atoms with E-state index in [1.54, 1.807) is 6.92 Å². The molecule has 2 aromatic carbocycles. The molecule has 33 heavy (non-hydrogen) atoms. The number of fused-ring (bicyclic) bond motifs is 3. The summed E-state index contributed by atoms with van der Waals surface area (Å²) in [5, 5.41) is 8.94. The van der Waals surface area contributed by atoms with Crippen LogP contribution in [0.5, 0.6) is 0 Å². The average molecular weight is 464 g/mol. The first-order chi connectivity index (χ1) is 16.0. The normalized spacial score (nSPS) is 18.6. The van der Waals surface area contributed by atoms with E-state index in [1.165, 1.54) is 0 Å². The number of nitrogens with zero attached hydrogens (tertiary/aromatic N) is 2. The van der Waals surface area contributed by atoms with E-state index < -0.39 is 0 Å².